The number of rotatable bonds is 9. The Balaban J connectivity index is 1.99. The quantitative estimate of drug-likeness (QED) is 0.752. The Labute approximate surface area is 147 Å². The number of nitrogens with zero attached hydrogens (tertiary/aromatic N) is 1. The van der Waals surface area contributed by atoms with Crippen molar-refractivity contribution in [3.05, 3.63) is 40.6 Å². The first-order chi connectivity index (χ1) is 11.6. The zero-order valence-corrected chi connectivity index (χ0v) is 15.2. The number of carbonyl (C=O) groups is 1. The van der Waals surface area contributed by atoms with E-state index in [1.807, 2.05) is 43.3 Å². The first-order valence-electron chi connectivity index (χ1n) is 8.01. The van der Waals surface area contributed by atoms with Crippen molar-refractivity contribution >= 4 is 22.9 Å². The van der Waals surface area contributed by atoms with Gasteiger partial charge in [0.25, 0.3) is 0 Å². The van der Waals surface area contributed by atoms with Crippen molar-refractivity contribution < 1.29 is 14.3 Å². The van der Waals surface area contributed by atoms with Gasteiger partial charge in [-0.25, -0.2) is 0 Å². The molecule has 1 amide bonds. The van der Waals surface area contributed by atoms with Gasteiger partial charge < -0.3 is 14.8 Å². The first kappa shape index (κ1) is 18.3. The van der Waals surface area contributed by atoms with E-state index in [0.717, 1.165) is 6.54 Å². The number of hydrogen-bond donors (Lipinski definition) is 1. The lowest BCUT2D eigenvalue weighted by atomic mass is 10.2. The van der Waals surface area contributed by atoms with Crippen LogP contribution >= 0.6 is 11.3 Å². The summed E-state index contributed by atoms with van der Waals surface area (Å²) in [4.78, 5) is 14.3. The zero-order chi connectivity index (χ0) is 17.4. The molecule has 0 aliphatic rings. The smallest absolute Gasteiger partial charge is 0.238 e. The molecule has 1 aromatic carbocycles. The summed E-state index contributed by atoms with van der Waals surface area (Å²) < 4.78 is 11.1. The van der Waals surface area contributed by atoms with E-state index in [1.165, 1.54) is 5.56 Å². The Morgan fingerprint density at radius 2 is 2.00 bits per heavy atom. The minimum Gasteiger partial charge on any atom is -0.494 e. The summed E-state index contributed by atoms with van der Waals surface area (Å²) in [6, 6.07) is 7.52. The highest BCUT2D eigenvalue weighted by Crippen LogP contribution is 2.29. The molecule has 0 aliphatic carbocycles. The monoisotopic (exact) mass is 348 g/mol. The van der Waals surface area contributed by atoms with Crippen LogP contribution in [0, 0.1) is 0 Å². The molecule has 0 unspecified atom stereocenters. The number of hydrogen-bond acceptors (Lipinski definition) is 5. The first-order valence-corrected chi connectivity index (χ1v) is 8.95. The molecule has 6 heteroatoms. The fourth-order valence-electron chi connectivity index (χ4n) is 2.33. The minimum absolute atomic E-state index is 0.0812. The zero-order valence-electron chi connectivity index (χ0n) is 14.4. The third-order valence-electron chi connectivity index (χ3n) is 3.28. The Kier molecular flexibility index (Phi) is 7.08. The number of thiophene rings is 1. The largest absolute Gasteiger partial charge is 0.494 e. The standard InChI is InChI=1S/C18H24N2O3S/c1-4-22-15-6-7-17(23-5-2)16(10-15)19-18(21)12-20(3)11-14-8-9-24-13-14/h6-10,13H,4-5,11-12H2,1-3H3,(H,19,21). The number of benzene rings is 1. The predicted molar refractivity (Wildman–Crippen MR) is 98.1 cm³/mol. The number of anilines is 1. The summed E-state index contributed by atoms with van der Waals surface area (Å²) in [5.74, 6) is 1.28. The average Bonchev–Trinajstić information content (AvgIpc) is 3.03. The average molecular weight is 348 g/mol. The lowest BCUT2D eigenvalue weighted by Gasteiger charge is -2.17. The fraction of sp³-hybridized carbons (Fsp3) is 0.389. The minimum atomic E-state index is -0.0812. The van der Waals surface area contributed by atoms with Gasteiger partial charge in [-0.2, -0.15) is 11.3 Å². The van der Waals surface area contributed by atoms with E-state index in [-0.39, 0.29) is 5.91 Å². The van der Waals surface area contributed by atoms with E-state index < -0.39 is 0 Å². The van der Waals surface area contributed by atoms with Crippen LogP contribution in [-0.4, -0.2) is 37.6 Å². The molecule has 0 atom stereocenters. The molecule has 0 aliphatic heterocycles. The molecule has 1 aromatic heterocycles. The molecular formula is C18H24N2O3S. The van der Waals surface area contributed by atoms with Crippen molar-refractivity contribution in [2.24, 2.45) is 0 Å². The molecule has 1 heterocycles. The van der Waals surface area contributed by atoms with E-state index in [4.69, 9.17) is 9.47 Å². The topological polar surface area (TPSA) is 50.8 Å². The van der Waals surface area contributed by atoms with Gasteiger partial charge in [0.05, 0.1) is 25.4 Å². The molecule has 2 rings (SSSR count). The second-order valence-electron chi connectivity index (χ2n) is 5.38. The van der Waals surface area contributed by atoms with Gasteiger partial charge in [0, 0.05) is 12.6 Å². The van der Waals surface area contributed by atoms with E-state index in [9.17, 15) is 4.79 Å². The summed E-state index contributed by atoms with van der Waals surface area (Å²) >= 11 is 1.66. The number of likely N-dealkylation sites (N-methyl/N-ethyl adjacent to an activating group) is 1. The molecule has 2 aromatic rings. The Morgan fingerprint density at radius 1 is 1.21 bits per heavy atom. The van der Waals surface area contributed by atoms with Crippen molar-refractivity contribution in [2.75, 3.05) is 32.1 Å². The van der Waals surface area contributed by atoms with Gasteiger partial charge in [-0.15, -0.1) is 0 Å². The predicted octanol–water partition coefficient (Wildman–Crippen LogP) is 3.62. The highest BCUT2D eigenvalue weighted by Gasteiger charge is 2.12. The van der Waals surface area contributed by atoms with Gasteiger partial charge in [0.2, 0.25) is 5.91 Å². The second-order valence-corrected chi connectivity index (χ2v) is 6.16. The number of nitrogens with one attached hydrogen (secondary N) is 1. The molecule has 24 heavy (non-hydrogen) atoms. The molecule has 0 radical (unpaired) electrons. The maximum Gasteiger partial charge on any atom is 0.238 e. The van der Waals surface area contributed by atoms with Gasteiger partial charge in [-0.3, -0.25) is 9.69 Å². The molecule has 0 bridgehead atoms. The van der Waals surface area contributed by atoms with E-state index in [1.54, 1.807) is 17.4 Å². The van der Waals surface area contributed by atoms with Gasteiger partial charge in [-0.05, 0) is 55.4 Å². The summed E-state index contributed by atoms with van der Waals surface area (Å²) in [6.45, 7) is 6.00. The second kappa shape index (κ2) is 9.30. The summed E-state index contributed by atoms with van der Waals surface area (Å²) in [6.07, 6.45) is 0. The summed E-state index contributed by atoms with van der Waals surface area (Å²) in [7, 11) is 1.93. The maximum absolute atomic E-state index is 12.3. The van der Waals surface area contributed by atoms with Crippen molar-refractivity contribution in [2.45, 2.75) is 20.4 Å². The van der Waals surface area contributed by atoms with Crippen LogP contribution in [0.25, 0.3) is 0 Å². The van der Waals surface area contributed by atoms with E-state index in [0.29, 0.717) is 36.9 Å². The van der Waals surface area contributed by atoms with Crippen LogP contribution in [0.2, 0.25) is 0 Å². The van der Waals surface area contributed by atoms with Gasteiger partial charge in [0.15, 0.2) is 0 Å². The number of amides is 1. The molecule has 0 fully saturated rings. The van der Waals surface area contributed by atoms with E-state index in [2.05, 4.69) is 16.8 Å². The lowest BCUT2D eigenvalue weighted by Crippen LogP contribution is -2.29. The van der Waals surface area contributed by atoms with E-state index >= 15 is 0 Å². The maximum atomic E-state index is 12.3. The van der Waals surface area contributed by atoms with Crippen molar-refractivity contribution in [1.29, 1.82) is 0 Å². The summed E-state index contributed by atoms with van der Waals surface area (Å²) in [5.41, 5.74) is 1.85. The van der Waals surface area contributed by atoms with Crippen LogP contribution in [-0.2, 0) is 11.3 Å². The van der Waals surface area contributed by atoms with Gasteiger partial charge >= 0.3 is 0 Å². The van der Waals surface area contributed by atoms with Crippen LogP contribution in [0.15, 0.2) is 35.0 Å². The van der Waals surface area contributed by atoms with Crippen LogP contribution in [0.1, 0.15) is 19.4 Å². The van der Waals surface area contributed by atoms with Gasteiger partial charge in [-0.1, -0.05) is 0 Å². The van der Waals surface area contributed by atoms with Gasteiger partial charge in [0.1, 0.15) is 11.5 Å². The van der Waals surface area contributed by atoms with Crippen LogP contribution in [0.3, 0.4) is 0 Å². The van der Waals surface area contributed by atoms with Crippen molar-refractivity contribution in [3.8, 4) is 11.5 Å². The van der Waals surface area contributed by atoms with Crippen molar-refractivity contribution in [3.63, 3.8) is 0 Å². The molecular weight excluding hydrogens is 324 g/mol. The molecule has 130 valence electrons. The van der Waals surface area contributed by atoms with Crippen LogP contribution < -0.4 is 14.8 Å². The SMILES string of the molecule is CCOc1ccc(OCC)c(NC(=O)CN(C)Cc2ccsc2)c1. The summed E-state index contributed by atoms with van der Waals surface area (Å²) in [5, 5.41) is 7.05. The highest BCUT2D eigenvalue weighted by molar-refractivity contribution is 7.07. The molecule has 0 saturated heterocycles. The normalized spacial score (nSPS) is 10.7. The molecule has 0 spiro atoms. The van der Waals surface area contributed by atoms with Crippen molar-refractivity contribution in [1.82, 2.24) is 4.90 Å². The number of carbonyl (C=O) groups excluding carboxylic acids is 1. The highest BCUT2D eigenvalue weighted by atomic mass is 32.1. The molecule has 1 N–H and O–H groups in total. The number of ether oxygens (including phenoxy) is 2. The third kappa shape index (κ3) is 5.54. The Bertz CT molecular complexity index is 644. The Morgan fingerprint density at radius 3 is 2.67 bits per heavy atom. The molecule has 0 saturated carbocycles. The molecule has 5 nitrogen and oxygen atoms in total. The Hall–Kier alpha value is -2.05. The van der Waals surface area contributed by atoms with Crippen LogP contribution in [0.4, 0.5) is 5.69 Å². The third-order valence-corrected chi connectivity index (χ3v) is 4.01. The fourth-order valence-corrected chi connectivity index (χ4v) is 2.99. The van der Waals surface area contributed by atoms with Crippen LogP contribution in [0.5, 0.6) is 11.5 Å². The lowest BCUT2D eigenvalue weighted by molar-refractivity contribution is -0.117.